The van der Waals surface area contributed by atoms with E-state index in [2.05, 4.69) is 15.0 Å². The number of fused-ring (bicyclic) bond motifs is 2. The molecule has 0 amide bonds. The number of hydrogen-bond acceptors (Lipinski definition) is 6. The molecule has 1 atom stereocenters. The zero-order valence-electron chi connectivity index (χ0n) is 18.9. The summed E-state index contributed by atoms with van der Waals surface area (Å²) in [4.78, 5) is 13.0. The predicted molar refractivity (Wildman–Crippen MR) is 121 cm³/mol. The molecule has 1 fully saturated rings. The molecular formula is C24H23F3N4O3. The third-order valence-corrected chi connectivity index (χ3v) is 5.91. The fourth-order valence-electron chi connectivity index (χ4n) is 4.25. The minimum atomic E-state index is -3.07. The highest BCUT2D eigenvalue weighted by Gasteiger charge is 2.45. The van der Waals surface area contributed by atoms with E-state index in [0.717, 1.165) is 5.69 Å². The number of alkyl halides is 2. The monoisotopic (exact) mass is 472 g/mol. The largest absolute Gasteiger partial charge is 0.497 e. The summed E-state index contributed by atoms with van der Waals surface area (Å²) in [7, 11) is 3.10. The summed E-state index contributed by atoms with van der Waals surface area (Å²) in [5.74, 6) is -3.24. The number of likely N-dealkylation sites (tertiary alicyclic amines) is 1. The molecule has 0 radical (unpaired) electrons. The average Bonchev–Trinajstić information content (AvgIpc) is 3.18. The molecule has 34 heavy (non-hydrogen) atoms. The molecule has 0 aliphatic carbocycles. The van der Waals surface area contributed by atoms with E-state index in [4.69, 9.17) is 14.2 Å². The molecule has 1 aliphatic heterocycles. The van der Waals surface area contributed by atoms with Gasteiger partial charge in [0.15, 0.2) is 17.7 Å². The van der Waals surface area contributed by atoms with Gasteiger partial charge in [0.2, 0.25) is 5.88 Å². The molecule has 0 spiro atoms. The van der Waals surface area contributed by atoms with E-state index in [-0.39, 0.29) is 29.2 Å². The number of aromatic nitrogens is 3. The van der Waals surface area contributed by atoms with Gasteiger partial charge in [0.05, 0.1) is 19.2 Å². The minimum Gasteiger partial charge on any atom is -0.497 e. The van der Waals surface area contributed by atoms with Crippen molar-refractivity contribution in [3.8, 4) is 23.1 Å². The second-order valence-electron chi connectivity index (χ2n) is 8.49. The number of ether oxygens (including phenoxy) is 3. The summed E-state index contributed by atoms with van der Waals surface area (Å²) in [6.45, 7) is 1.87. The van der Waals surface area contributed by atoms with Crippen molar-refractivity contribution in [2.75, 3.05) is 27.2 Å². The highest BCUT2D eigenvalue weighted by Crippen LogP contribution is 2.41. The predicted octanol–water partition coefficient (Wildman–Crippen LogP) is 5.08. The molecule has 5 rings (SSSR count). The van der Waals surface area contributed by atoms with Crippen molar-refractivity contribution < 1.29 is 27.4 Å². The maximum Gasteiger partial charge on any atom is 0.296 e. The van der Waals surface area contributed by atoms with Gasteiger partial charge >= 0.3 is 0 Å². The molecule has 0 bridgehead atoms. The van der Waals surface area contributed by atoms with E-state index in [1.165, 1.54) is 25.6 Å². The lowest BCUT2D eigenvalue weighted by Crippen LogP contribution is -2.52. The number of methoxy groups -OCH3 is 1. The molecule has 2 aromatic heterocycles. The van der Waals surface area contributed by atoms with Gasteiger partial charge in [-0.05, 0) is 32.2 Å². The Morgan fingerprint density at radius 1 is 1.15 bits per heavy atom. The molecule has 7 nitrogen and oxygen atoms in total. The van der Waals surface area contributed by atoms with Gasteiger partial charge in [-0.2, -0.15) is 0 Å². The van der Waals surface area contributed by atoms with Crippen molar-refractivity contribution >= 4 is 21.8 Å². The first-order valence-electron chi connectivity index (χ1n) is 10.8. The Kier molecular flexibility index (Phi) is 5.47. The number of hydrogen-bond donors (Lipinski definition) is 1. The molecule has 4 aromatic rings. The first kappa shape index (κ1) is 22.3. The number of aryl methyl sites for hydroxylation is 1. The van der Waals surface area contributed by atoms with Crippen LogP contribution in [0.1, 0.15) is 12.1 Å². The van der Waals surface area contributed by atoms with Crippen LogP contribution in [0, 0.1) is 12.7 Å². The van der Waals surface area contributed by atoms with E-state index in [9.17, 15) is 8.78 Å². The highest BCUT2D eigenvalue weighted by atomic mass is 19.3. The lowest BCUT2D eigenvalue weighted by Gasteiger charge is -2.36. The second kappa shape index (κ2) is 8.35. The van der Waals surface area contributed by atoms with Gasteiger partial charge in [-0.15, -0.1) is 0 Å². The summed E-state index contributed by atoms with van der Waals surface area (Å²) in [6, 6.07) is 7.96. The van der Waals surface area contributed by atoms with Crippen LogP contribution in [0.3, 0.4) is 0 Å². The standard InChI is InChI=1S/C24H23F3N4O3/c1-13-8-15-16(30-13)4-5-18(22(15)25)34-23-21-17(28-12-29-23)9-14(32-3)10-19(21)33-20-6-7-31(2)11-24(20,26)27/h4-5,8-10,12,20,30H,6-7,11H2,1-3H3/t20-/m1/s1. The number of halogens is 3. The van der Waals surface area contributed by atoms with E-state index in [1.54, 1.807) is 30.1 Å². The zero-order chi connectivity index (χ0) is 24.0. The van der Waals surface area contributed by atoms with Crippen LogP contribution in [-0.4, -0.2) is 59.1 Å². The molecule has 1 N–H and O–H groups in total. The van der Waals surface area contributed by atoms with Crippen molar-refractivity contribution in [3.05, 3.63) is 48.2 Å². The lowest BCUT2D eigenvalue weighted by molar-refractivity contribution is -0.134. The molecule has 1 aliphatic rings. The Labute approximate surface area is 193 Å². The van der Waals surface area contributed by atoms with Gasteiger partial charge in [-0.25, -0.2) is 23.1 Å². The van der Waals surface area contributed by atoms with Gasteiger partial charge in [0, 0.05) is 41.7 Å². The van der Waals surface area contributed by atoms with Gasteiger partial charge in [-0.1, -0.05) is 0 Å². The summed E-state index contributed by atoms with van der Waals surface area (Å²) in [6.07, 6.45) is 0.0228. The van der Waals surface area contributed by atoms with Gasteiger partial charge in [-0.3, -0.25) is 0 Å². The number of aromatic amines is 1. The quantitative estimate of drug-likeness (QED) is 0.437. The summed E-state index contributed by atoms with van der Waals surface area (Å²) in [5, 5.41) is 0.625. The fraction of sp³-hybridized carbons (Fsp3) is 0.333. The van der Waals surface area contributed by atoms with Gasteiger partial charge < -0.3 is 24.1 Å². The number of rotatable bonds is 5. The Bertz CT molecular complexity index is 1370. The van der Waals surface area contributed by atoms with Crippen LogP contribution >= 0.6 is 0 Å². The lowest BCUT2D eigenvalue weighted by atomic mass is 10.0. The van der Waals surface area contributed by atoms with Crippen molar-refractivity contribution in [1.29, 1.82) is 0 Å². The molecule has 0 unspecified atom stereocenters. The zero-order valence-corrected chi connectivity index (χ0v) is 18.9. The summed E-state index contributed by atoms with van der Waals surface area (Å²) >= 11 is 0. The van der Waals surface area contributed by atoms with Crippen molar-refractivity contribution in [2.45, 2.75) is 25.4 Å². The van der Waals surface area contributed by atoms with E-state index >= 15 is 4.39 Å². The topological polar surface area (TPSA) is 72.5 Å². The Balaban J connectivity index is 1.59. The number of piperidine rings is 1. The van der Waals surface area contributed by atoms with Crippen LogP contribution in [-0.2, 0) is 0 Å². The first-order valence-corrected chi connectivity index (χ1v) is 10.8. The Morgan fingerprint density at radius 2 is 1.97 bits per heavy atom. The molecule has 1 saturated heterocycles. The van der Waals surface area contributed by atoms with Crippen molar-refractivity contribution in [3.63, 3.8) is 0 Å². The first-order chi connectivity index (χ1) is 16.2. The second-order valence-corrected chi connectivity index (χ2v) is 8.49. The van der Waals surface area contributed by atoms with Gasteiger partial charge in [0.1, 0.15) is 23.2 Å². The molecule has 178 valence electrons. The smallest absolute Gasteiger partial charge is 0.296 e. The fourth-order valence-corrected chi connectivity index (χ4v) is 4.25. The molecule has 2 aromatic carbocycles. The maximum atomic E-state index is 15.2. The number of H-pyrrole nitrogens is 1. The Hall–Kier alpha value is -3.53. The summed E-state index contributed by atoms with van der Waals surface area (Å²) in [5.41, 5.74) is 1.79. The minimum absolute atomic E-state index is 0.00981. The van der Waals surface area contributed by atoms with Crippen LogP contribution in [0.5, 0.6) is 23.1 Å². The molecule has 0 saturated carbocycles. The van der Waals surface area contributed by atoms with Crippen LogP contribution in [0.4, 0.5) is 13.2 Å². The van der Waals surface area contributed by atoms with E-state index in [0.29, 0.717) is 28.7 Å². The third kappa shape index (κ3) is 3.98. The molecular weight excluding hydrogens is 449 g/mol. The average molecular weight is 472 g/mol. The number of nitrogens with zero attached hydrogens (tertiary/aromatic N) is 3. The normalized spacial score (nSPS) is 18.4. The third-order valence-electron chi connectivity index (χ3n) is 5.91. The van der Waals surface area contributed by atoms with Crippen LogP contribution in [0.2, 0.25) is 0 Å². The highest BCUT2D eigenvalue weighted by molar-refractivity contribution is 5.91. The SMILES string of the molecule is COc1cc(O[C@@H]2CCN(C)CC2(F)F)c2c(Oc3ccc4[nH]c(C)cc4c3F)ncnc2c1. The van der Waals surface area contributed by atoms with Gasteiger partial charge in [0.25, 0.3) is 5.92 Å². The van der Waals surface area contributed by atoms with E-state index < -0.39 is 24.4 Å². The van der Waals surface area contributed by atoms with E-state index in [1.807, 2.05) is 6.92 Å². The molecule has 10 heteroatoms. The van der Waals surface area contributed by atoms with Crippen LogP contribution in [0.15, 0.2) is 36.7 Å². The van der Waals surface area contributed by atoms with Crippen molar-refractivity contribution in [1.82, 2.24) is 19.9 Å². The van der Waals surface area contributed by atoms with Crippen LogP contribution in [0.25, 0.3) is 21.8 Å². The van der Waals surface area contributed by atoms with Crippen LogP contribution < -0.4 is 14.2 Å². The Morgan fingerprint density at radius 3 is 2.74 bits per heavy atom. The summed E-state index contributed by atoms with van der Waals surface area (Å²) < 4.78 is 61.6. The molecule has 3 heterocycles. The number of benzene rings is 2. The van der Waals surface area contributed by atoms with Crippen molar-refractivity contribution in [2.24, 2.45) is 0 Å². The maximum absolute atomic E-state index is 15.2. The number of nitrogens with one attached hydrogen (secondary N) is 1.